The van der Waals surface area contributed by atoms with E-state index >= 15 is 0 Å². The van der Waals surface area contributed by atoms with E-state index in [1.54, 1.807) is 0 Å². The molecule has 1 nitrogen and oxygen atoms in total. The van der Waals surface area contributed by atoms with Crippen molar-refractivity contribution >= 4 is 0 Å². The Hall–Kier alpha value is -0.960. The van der Waals surface area contributed by atoms with Crippen molar-refractivity contribution in [2.24, 2.45) is 5.92 Å². The van der Waals surface area contributed by atoms with Gasteiger partial charge in [0.25, 0.3) is 0 Å². The molecule has 1 rings (SSSR count). The van der Waals surface area contributed by atoms with Crippen molar-refractivity contribution in [3.05, 3.63) is 35.4 Å². The molecule has 3 heteroatoms. The van der Waals surface area contributed by atoms with E-state index in [-0.39, 0.29) is 23.5 Å². The lowest BCUT2D eigenvalue weighted by Crippen LogP contribution is -2.24. The Bertz CT molecular complexity index is 339. The van der Waals surface area contributed by atoms with Gasteiger partial charge in [-0.2, -0.15) is 0 Å². The molecule has 16 heavy (non-hydrogen) atoms. The zero-order chi connectivity index (χ0) is 12.1. The van der Waals surface area contributed by atoms with Crippen molar-refractivity contribution in [2.75, 3.05) is 13.1 Å². The summed E-state index contributed by atoms with van der Waals surface area (Å²) in [6.45, 7) is 7.70. The number of benzene rings is 1. The van der Waals surface area contributed by atoms with Crippen LogP contribution in [0.25, 0.3) is 0 Å². The van der Waals surface area contributed by atoms with Gasteiger partial charge < -0.3 is 5.32 Å². The number of nitrogens with one attached hydrogen (secondary N) is 1. The Kier molecular flexibility index (Phi) is 4.87. The van der Waals surface area contributed by atoms with Gasteiger partial charge in [0.2, 0.25) is 0 Å². The maximum Gasteiger partial charge on any atom is 0.126 e. The molecule has 2 unspecified atom stereocenters. The maximum absolute atomic E-state index is 13.5. The predicted molar refractivity (Wildman–Crippen MR) is 62.5 cm³/mol. The van der Waals surface area contributed by atoms with Crippen LogP contribution in [-0.4, -0.2) is 13.1 Å². The second-order valence-corrected chi connectivity index (χ2v) is 4.24. The van der Waals surface area contributed by atoms with E-state index in [0.717, 1.165) is 19.2 Å². The second-order valence-electron chi connectivity index (χ2n) is 4.24. The summed E-state index contributed by atoms with van der Waals surface area (Å²) in [6, 6.07) is 3.64. The first-order valence-corrected chi connectivity index (χ1v) is 5.72. The molecule has 0 aromatic heterocycles. The Labute approximate surface area is 95.9 Å². The van der Waals surface area contributed by atoms with Gasteiger partial charge in [-0.15, -0.1) is 0 Å². The smallest absolute Gasteiger partial charge is 0.126 e. The fourth-order valence-electron chi connectivity index (χ4n) is 1.72. The maximum atomic E-state index is 13.5. The van der Waals surface area contributed by atoms with Crippen LogP contribution >= 0.6 is 0 Å². The van der Waals surface area contributed by atoms with E-state index in [4.69, 9.17) is 0 Å². The molecule has 0 aliphatic rings. The molecule has 0 spiro atoms. The van der Waals surface area contributed by atoms with Crippen molar-refractivity contribution in [1.82, 2.24) is 5.32 Å². The van der Waals surface area contributed by atoms with Crippen LogP contribution in [0.1, 0.15) is 32.3 Å². The minimum Gasteiger partial charge on any atom is -0.317 e. The molecule has 0 saturated heterocycles. The largest absolute Gasteiger partial charge is 0.317 e. The molecule has 1 N–H and O–H groups in total. The monoisotopic (exact) mass is 227 g/mol. The lowest BCUT2D eigenvalue weighted by Gasteiger charge is -2.21. The zero-order valence-corrected chi connectivity index (χ0v) is 10.1. The molecule has 0 aliphatic heterocycles. The van der Waals surface area contributed by atoms with Crippen LogP contribution in [0, 0.1) is 17.6 Å². The fraction of sp³-hybridized carbons (Fsp3) is 0.538. The molecule has 0 saturated carbocycles. The van der Waals surface area contributed by atoms with Gasteiger partial charge in [-0.05, 0) is 48.7 Å². The highest BCUT2D eigenvalue weighted by Crippen LogP contribution is 2.26. The molecular weight excluding hydrogens is 208 g/mol. The summed E-state index contributed by atoms with van der Waals surface area (Å²) < 4.78 is 26.6. The van der Waals surface area contributed by atoms with Crippen molar-refractivity contribution in [3.63, 3.8) is 0 Å². The lowest BCUT2D eigenvalue weighted by atomic mass is 9.88. The fourth-order valence-corrected chi connectivity index (χ4v) is 1.72. The zero-order valence-electron chi connectivity index (χ0n) is 10.1. The molecule has 0 aliphatic carbocycles. The van der Waals surface area contributed by atoms with Crippen LogP contribution in [0.5, 0.6) is 0 Å². The molecular formula is C13H19F2N. The highest BCUT2D eigenvalue weighted by molar-refractivity contribution is 5.22. The molecule has 1 aromatic rings. The predicted octanol–water partition coefficient (Wildman–Crippen LogP) is 3.31. The standard InChI is InChI=1S/C13H19F2N/c1-4-16-8-9(2)10(3)12-7-11(14)5-6-13(12)15/h5-7,9-10,16H,4,8H2,1-3H3. The minimum absolute atomic E-state index is 0.00903. The summed E-state index contributed by atoms with van der Waals surface area (Å²) in [7, 11) is 0. The Morgan fingerprint density at radius 3 is 2.56 bits per heavy atom. The summed E-state index contributed by atoms with van der Waals surface area (Å²) in [6.07, 6.45) is 0. The van der Waals surface area contributed by atoms with Crippen LogP contribution in [0.3, 0.4) is 0 Å². The number of hydrogen-bond acceptors (Lipinski definition) is 1. The molecule has 0 radical (unpaired) electrons. The van der Waals surface area contributed by atoms with E-state index in [2.05, 4.69) is 5.32 Å². The molecule has 0 heterocycles. The van der Waals surface area contributed by atoms with Gasteiger partial charge in [0.1, 0.15) is 11.6 Å². The summed E-state index contributed by atoms with van der Waals surface area (Å²) in [5, 5.41) is 3.22. The van der Waals surface area contributed by atoms with Crippen molar-refractivity contribution in [3.8, 4) is 0 Å². The summed E-state index contributed by atoms with van der Waals surface area (Å²) >= 11 is 0. The van der Waals surface area contributed by atoms with Crippen LogP contribution in [0.4, 0.5) is 8.78 Å². The molecule has 0 amide bonds. The Balaban J connectivity index is 2.78. The number of rotatable bonds is 5. The van der Waals surface area contributed by atoms with E-state index in [1.807, 2.05) is 20.8 Å². The average Bonchev–Trinajstić information content (AvgIpc) is 2.28. The van der Waals surface area contributed by atoms with Gasteiger partial charge in [-0.1, -0.05) is 20.8 Å². The summed E-state index contributed by atoms with van der Waals surface area (Å²) in [5.41, 5.74) is 0.463. The summed E-state index contributed by atoms with van der Waals surface area (Å²) in [5.74, 6) is -0.415. The van der Waals surface area contributed by atoms with Gasteiger partial charge >= 0.3 is 0 Å². The molecule has 0 fully saturated rings. The number of halogens is 2. The normalized spacial score (nSPS) is 14.8. The van der Waals surface area contributed by atoms with Gasteiger partial charge in [0.15, 0.2) is 0 Å². The quantitative estimate of drug-likeness (QED) is 0.813. The van der Waals surface area contributed by atoms with Crippen LogP contribution < -0.4 is 5.32 Å². The van der Waals surface area contributed by atoms with Crippen LogP contribution in [0.15, 0.2) is 18.2 Å². The lowest BCUT2D eigenvalue weighted by molar-refractivity contribution is 0.437. The van der Waals surface area contributed by atoms with Gasteiger partial charge in [-0.25, -0.2) is 8.78 Å². The van der Waals surface area contributed by atoms with Crippen molar-refractivity contribution in [1.29, 1.82) is 0 Å². The SMILES string of the molecule is CCNCC(C)C(C)c1cc(F)ccc1F. The Morgan fingerprint density at radius 1 is 1.25 bits per heavy atom. The van der Waals surface area contributed by atoms with Crippen LogP contribution in [-0.2, 0) is 0 Å². The molecule has 0 bridgehead atoms. The Morgan fingerprint density at radius 2 is 1.94 bits per heavy atom. The van der Waals surface area contributed by atoms with Gasteiger partial charge in [0, 0.05) is 0 Å². The minimum atomic E-state index is -0.376. The summed E-state index contributed by atoms with van der Waals surface area (Å²) in [4.78, 5) is 0. The van der Waals surface area contributed by atoms with Gasteiger partial charge in [0.05, 0.1) is 0 Å². The van der Waals surface area contributed by atoms with Crippen molar-refractivity contribution in [2.45, 2.75) is 26.7 Å². The van der Waals surface area contributed by atoms with Crippen LogP contribution in [0.2, 0.25) is 0 Å². The average molecular weight is 227 g/mol. The third-order valence-electron chi connectivity index (χ3n) is 3.02. The first-order valence-electron chi connectivity index (χ1n) is 5.72. The first kappa shape index (κ1) is 13.1. The third kappa shape index (κ3) is 3.27. The van der Waals surface area contributed by atoms with Crippen molar-refractivity contribution < 1.29 is 8.78 Å². The van der Waals surface area contributed by atoms with E-state index in [0.29, 0.717) is 5.56 Å². The highest BCUT2D eigenvalue weighted by Gasteiger charge is 2.17. The first-order chi connectivity index (χ1) is 7.56. The molecule has 2 atom stereocenters. The third-order valence-corrected chi connectivity index (χ3v) is 3.02. The highest BCUT2D eigenvalue weighted by atomic mass is 19.1. The molecule has 1 aromatic carbocycles. The second kappa shape index (κ2) is 5.94. The number of hydrogen-bond donors (Lipinski definition) is 1. The van der Waals surface area contributed by atoms with E-state index < -0.39 is 0 Å². The van der Waals surface area contributed by atoms with Gasteiger partial charge in [-0.3, -0.25) is 0 Å². The molecule has 90 valence electrons. The van der Waals surface area contributed by atoms with E-state index in [9.17, 15) is 8.78 Å². The topological polar surface area (TPSA) is 12.0 Å². The van der Waals surface area contributed by atoms with E-state index in [1.165, 1.54) is 12.1 Å².